The highest BCUT2D eigenvalue weighted by Gasteiger charge is 2.22. The first-order valence-electron chi connectivity index (χ1n) is 8.97. The highest BCUT2D eigenvalue weighted by molar-refractivity contribution is 7.87. The van der Waals surface area contributed by atoms with Gasteiger partial charge in [-0.1, -0.05) is 23.7 Å². The van der Waals surface area contributed by atoms with Crippen molar-refractivity contribution in [2.75, 3.05) is 12.4 Å². The van der Waals surface area contributed by atoms with Crippen LogP contribution in [0.2, 0.25) is 5.02 Å². The molecule has 31 heavy (non-hydrogen) atoms. The number of anilines is 2. The topological polar surface area (TPSA) is 90.4 Å². The molecule has 0 atom stereocenters. The Hall–Kier alpha value is -3.14. The van der Waals surface area contributed by atoms with Crippen LogP contribution in [0, 0.1) is 0 Å². The molecule has 2 heterocycles. The zero-order chi connectivity index (χ0) is 21.8. The second kappa shape index (κ2) is 8.93. The van der Waals surface area contributed by atoms with E-state index < -0.39 is 10.1 Å². The van der Waals surface area contributed by atoms with Crippen LogP contribution in [0.4, 0.5) is 10.8 Å². The van der Waals surface area contributed by atoms with Gasteiger partial charge in [-0.15, -0.1) is 11.3 Å². The Morgan fingerprint density at radius 1 is 1.03 bits per heavy atom. The number of pyridine rings is 1. The van der Waals surface area contributed by atoms with Gasteiger partial charge in [0.15, 0.2) is 5.13 Å². The fourth-order valence-electron chi connectivity index (χ4n) is 2.73. The largest absolute Gasteiger partial charge is 0.495 e. The Kier molecular flexibility index (Phi) is 6.08. The van der Waals surface area contributed by atoms with E-state index >= 15 is 0 Å². The summed E-state index contributed by atoms with van der Waals surface area (Å²) >= 11 is 7.36. The molecule has 0 aliphatic carbocycles. The number of thiazole rings is 1. The first-order valence-corrected chi connectivity index (χ1v) is 11.6. The Morgan fingerprint density at radius 3 is 2.68 bits per heavy atom. The predicted molar refractivity (Wildman–Crippen MR) is 121 cm³/mol. The lowest BCUT2D eigenvalue weighted by Gasteiger charge is -2.12. The van der Waals surface area contributed by atoms with Gasteiger partial charge >= 0.3 is 10.1 Å². The van der Waals surface area contributed by atoms with Crippen LogP contribution in [0.25, 0.3) is 11.4 Å². The number of hydrogen-bond acceptors (Lipinski definition) is 8. The van der Waals surface area contributed by atoms with E-state index in [9.17, 15) is 8.42 Å². The number of rotatable bonds is 7. The molecule has 7 nitrogen and oxygen atoms in total. The Morgan fingerprint density at radius 2 is 1.90 bits per heavy atom. The molecule has 0 aliphatic heterocycles. The highest BCUT2D eigenvalue weighted by Crippen LogP contribution is 2.31. The normalized spacial score (nSPS) is 11.2. The van der Waals surface area contributed by atoms with E-state index in [1.165, 1.54) is 36.6 Å². The summed E-state index contributed by atoms with van der Waals surface area (Å²) in [5.74, 6) is 0.275. The summed E-state index contributed by atoms with van der Waals surface area (Å²) in [6.07, 6.45) is 1.71. The molecule has 0 bridgehead atoms. The molecule has 0 radical (unpaired) electrons. The van der Waals surface area contributed by atoms with E-state index in [1.54, 1.807) is 30.5 Å². The second-order valence-electron chi connectivity index (χ2n) is 6.24. The molecule has 0 saturated carbocycles. The lowest BCUT2D eigenvalue weighted by molar-refractivity contribution is 0.398. The van der Waals surface area contributed by atoms with Crippen molar-refractivity contribution in [1.82, 2.24) is 9.97 Å². The SMILES string of the molecule is COc1ccc(Cl)cc1S(=O)(=O)Oc1cccc(Nc2nc(-c3ccccn3)cs2)c1. The van der Waals surface area contributed by atoms with E-state index in [1.807, 2.05) is 23.6 Å². The van der Waals surface area contributed by atoms with Crippen LogP contribution in [0.3, 0.4) is 0 Å². The summed E-state index contributed by atoms with van der Waals surface area (Å²) in [6, 6.07) is 16.5. The average Bonchev–Trinajstić information content (AvgIpc) is 3.23. The van der Waals surface area contributed by atoms with Gasteiger partial charge in [0.25, 0.3) is 0 Å². The first kappa shape index (κ1) is 21.1. The second-order valence-corrected chi connectivity index (χ2v) is 9.05. The van der Waals surface area contributed by atoms with Gasteiger partial charge in [0.2, 0.25) is 0 Å². The molecule has 2 aromatic heterocycles. The molecule has 2 aromatic carbocycles. The zero-order valence-corrected chi connectivity index (χ0v) is 18.5. The first-order chi connectivity index (χ1) is 14.9. The smallest absolute Gasteiger partial charge is 0.342 e. The average molecular weight is 474 g/mol. The van der Waals surface area contributed by atoms with Crippen LogP contribution in [0.15, 0.2) is 77.1 Å². The summed E-state index contributed by atoms with van der Waals surface area (Å²) in [7, 11) is -2.78. The number of nitrogens with zero attached hydrogens (tertiary/aromatic N) is 2. The minimum Gasteiger partial charge on any atom is -0.495 e. The zero-order valence-electron chi connectivity index (χ0n) is 16.2. The van der Waals surface area contributed by atoms with Gasteiger partial charge in [-0.2, -0.15) is 8.42 Å². The molecule has 0 unspecified atom stereocenters. The number of benzene rings is 2. The maximum atomic E-state index is 12.8. The quantitative estimate of drug-likeness (QED) is 0.360. The third-order valence-corrected chi connectivity index (χ3v) is 6.38. The van der Waals surface area contributed by atoms with Crippen molar-refractivity contribution in [2.24, 2.45) is 0 Å². The molecule has 10 heteroatoms. The van der Waals surface area contributed by atoms with Crippen molar-refractivity contribution >= 4 is 43.9 Å². The molecule has 0 amide bonds. The molecule has 0 spiro atoms. The maximum Gasteiger partial charge on any atom is 0.342 e. The maximum absolute atomic E-state index is 12.8. The minimum absolute atomic E-state index is 0.133. The molecular weight excluding hydrogens is 458 g/mol. The van der Waals surface area contributed by atoms with Gasteiger partial charge in [-0.25, -0.2) is 4.98 Å². The van der Waals surface area contributed by atoms with E-state index in [4.69, 9.17) is 20.5 Å². The van der Waals surface area contributed by atoms with Crippen molar-refractivity contribution in [2.45, 2.75) is 4.90 Å². The van der Waals surface area contributed by atoms with Crippen LogP contribution in [-0.4, -0.2) is 25.5 Å². The molecule has 0 aliphatic rings. The van der Waals surface area contributed by atoms with Crippen LogP contribution in [0.5, 0.6) is 11.5 Å². The molecule has 0 fully saturated rings. The third kappa shape index (κ3) is 4.96. The van der Waals surface area contributed by atoms with E-state index in [0.29, 0.717) is 10.8 Å². The monoisotopic (exact) mass is 473 g/mol. The Bertz CT molecular complexity index is 1310. The highest BCUT2D eigenvalue weighted by atomic mass is 35.5. The summed E-state index contributed by atoms with van der Waals surface area (Å²) in [4.78, 5) is 8.65. The number of methoxy groups -OCH3 is 1. The van der Waals surface area contributed by atoms with Crippen LogP contribution in [-0.2, 0) is 10.1 Å². The lowest BCUT2D eigenvalue weighted by atomic mass is 10.3. The molecule has 158 valence electrons. The molecule has 4 aromatic rings. The van der Waals surface area contributed by atoms with Gasteiger partial charge in [0.1, 0.15) is 22.1 Å². The lowest BCUT2D eigenvalue weighted by Crippen LogP contribution is -2.11. The molecule has 1 N–H and O–H groups in total. The third-order valence-electron chi connectivity index (χ3n) is 4.12. The Labute approximate surface area is 188 Å². The van der Waals surface area contributed by atoms with Gasteiger partial charge in [0.05, 0.1) is 12.8 Å². The number of ether oxygens (including phenoxy) is 1. The van der Waals surface area contributed by atoms with Crippen LogP contribution in [0.1, 0.15) is 0 Å². The summed E-state index contributed by atoms with van der Waals surface area (Å²) in [5, 5.41) is 5.93. The summed E-state index contributed by atoms with van der Waals surface area (Å²) in [5.41, 5.74) is 2.13. The van der Waals surface area contributed by atoms with Crippen molar-refractivity contribution in [3.8, 4) is 22.9 Å². The number of hydrogen-bond donors (Lipinski definition) is 1. The molecule has 0 saturated heterocycles. The molecule has 4 rings (SSSR count). The van der Waals surface area contributed by atoms with E-state index in [0.717, 1.165) is 11.4 Å². The van der Waals surface area contributed by atoms with Gasteiger partial charge in [0, 0.05) is 28.4 Å². The number of nitrogens with one attached hydrogen (secondary N) is 1. The summed E-state index contributed by atoms with van der Waals surface area (Å²) < 4.78 is 36.0. The van der Waals surface area contributed by atoms with Gasteiger partial charge in [-0.05, 0) is 42.5 Å². The number of aromatic nitrogens is 2. The Balaban J connectivity index is 1.54. The fourth-order valence-corrected chi connectivity index (χ4v) is 4.81. The van der Waals surface area contributed by atoms with Crippen molar-refractivity contribution in [1.29, 1.82) is 0 Å². The van der Waals surface area contributed by atoms with Crippen molar-refractivity contribution in [3.63, 3.8) is 0 Å². The standard InChI is InChI=1S/C21H16ClN3O4S2/c1-28-19-9-8-14(22)11-20(19)31(26,27)29-16-6-4-5-15(12-16)24-21-25-18(13-30-21)17-7-2-3-10-23-17/h2-13H,1H3,(H,24,25). The number of halogens is 1. The van der Waals surface area contributed by atoms with Crippen LogP contribution < -0.4 is 14.2 Å². The van der Waals surface area contributed by atoms with E-state index in [-0.39, 0.29) is 21.4 Å². The fraction of sp³-hybridized carbons (Fsp3) is 0.0476. The predicted octanol–water partition coefficient (Wildman–Crippen LogP) is 5.38. The molecular formula is C21H16ClN3O4S2. The van der Waals surface area contributed by atoms with E-state index in [2.05, 4.69) is 15.3 Å². The van der Waals surface area contributed by atoms with Crippen molar-refractivity contribution < 1.29 is 17.3 Å². The van der Waals surface area contributed by atoms with Gasteiger partial charge < -0.3 is 14.2 Å². The van der Waals surface area contributed by atoms with Gasteiger partial charge in [-0.3, -0.25) is 4.98 Å². The van der Waals surface area contributed by atoms with Crippen LogP contribution >= 0.6 is 22.9 Å². The summed E-state index contributed by atoms with van der Waals surface area (Å²) in [6.45, 7) is 0. The van der Waals surface area contributed by atoms with Crippen molar-refractivity contribution in [3.05, 3.63) is 77.3 Å². The minimum atomic E-state index is -4.16.